The molecule has 1 aliphatic rings. The first-order valence-electron chi connectivity index (χ1n) is 5.04. The Hall–Kier alpha value is -0.780. The molecule has 1 aliphatic heterocycles. The van der Waals surface area contributed by atoms with Gasteiger partial charge in [-0.2, -0.15) is 0 Å². The number of quaternary nitrogens is 2. The van der Waals surface area contributed by atoms with Gasteiger partial charge in [-0.3, -0.25) is 0 Å². The third-order valence-electron chi connectivity index (χ3n) is 2.71. The molecule has 16 heavy (non-hydrogen) atoms. The number of hydrogen-bond acceptors (Lipinski definition) is 3. The lowest BCUT2D eigenvalue weighted by Crippen LogP contribution is -2.54. The summed E-state index contributed by atoms with van der Waals surface area (Å²) < 4.78 is -0.947. The molecule has 0 bridgehead atoms. The molecule has 0 aromatic heterocycles. The van der Waals surface area contributed by atoms with Gasteiger partial charge < -0.3 is 5.11 Å². The Kier molecular flexibility index (Phi) is 3.00. The van der Waals surface area contributed by atoms with Gasteiger partial charge >= 0.3 is 11.8 Å². The minimum absolute atomic E-state index is 0.0330. The largest absolute Gasteiger partial charge is 0.384 e. The van der Waals surface area contributed by atoms with Gasteiger partial charge in [-0.25, -0.2) is 18.6 Å². The van der Waals surface area contributed by atoms with Crippen LogP contribution in [0.1, 0.15) is 13.3 Å². The summed E-state index contributed by atoms with van der Waals surface area (Å²) in [5.74, 6) is -0.694. The van der Waals surface area contributed by atoms with Gasteiger partial charge in [0.15, 0.2) is 0 Å². The predicted octanol–water partition coefficient (Wildman–Crippen LogP) is -0.575. The number of likely N-dealkylation sites (N-methyl/N-ethyl adjacent to an activating group) is 1. The van der Waals surface area contributed by atoms with Gasteiger partial charge in [0.05, 0.1) is 20.5 Å². The highest BCUT2D eigenvalue weighted by Gasteiger charge is 2.53. The molecule has 4 radical (unpaired) electrons. The fraction of sp³-hybridized carbons (Fsp3) is 0.636. The quantitative estimate of drug-likeness (QED) is 0.641. The summed E-state index contributed by atoms with van der Waals surface area (Å²) in [5, 5.41) is 9.75. The lowest BCUT2D eigenvalue weighted by atomic mass is 10.1. The van der Waals surface area contributed by atoms with E-state index in [2.05, 4.69) is 0 Å². The van der Waals surface area contributed by atoms with E-state index in [-0.39, 0.29) is 35.8 Å². The van der Waals surface area contributed by atoms with Crippen LogP contribution in [0.2, 0.25) is 0 Å². The highest BCUT2D eigenvalue weighted by atomic mass is 16.3. The van der Waals surface area contributed by atoms with Crippen LogP contribution in [-0.2, 0) is 9.59 Å². The molecule has 1 heterocycles. The van der Waals surface area contributed by atoms with Crippen molar-refractivity contribution in [3.05, 3.63) is 14.1 Å². The molecule has 0 saturated carbocycles. The molecule has 0 spiro atoms. The second kappa shape index (κ2) is 3.61. The van der Waals surface area contributed by atoms with E-state index in [1.807, 2.05) is 0 Å². The Morgan fingerprint density at radius 3 is 2.44 bits per heavy atom. The van der Waals surface area contributed by atoms with E-state index in [9.17, 15) is 14.7 Å². The molecule has 2 unspecified atom stereocenters. The van der Waals surface area contributed by atoms with Crippen LogP contribution in [-0.4, -0.2) is 58.7 Å². The molecule has 5 heteroatoms. The van der Waals surface area contributed by atoms with Crippen molar-refractivity contribution in [2.75, 3.05) is 27.2 Å². The van der Waals surface area contributed by atoms with Gasteiger partial charge in [0.1, 0.15) is 12.1 Å². The lowest BCUT2D eigenvalue weighted by molar-refractivity contribution is -0.825. The van der Waals surface area contributed by atoms with Gasteiger partial charge in [-0.15, -0.1) is 0 Å². The van der Waals surface area contributed by atoms with Gasteiger partial charge in [0, 0.05) is 0 Å². The van der Waals surface area contributed by atoms with Crippen molar-refractivity contribution in [2.24, 2.45) is 0 Å². The standard InChI is InChI=1S/C11H18N2O3/c1-11(16)6-9(14)13(5,8-11)7-10(15)12(2,3)4/h2,5,16H,6-8H2,1,3-4H3/q+2. The number of rotatable bonds is 2. The van der Waals surface area contributed by atoms with E-state index in [1.165, 1.54) is 21.0 Å². The van der Waals surface area contributed by atoms with Gasteiger partial charge in [-0.1, -0.05) is 0 Å². The summed E-state index contributed by atoms with van der Waals surface area (Å²) in [4.78, 5) is 23.4. The SMILES string of the molecule is [CH][N+](C)(C)C(=O)C[N+]1([CH])CC(C)(O)CC1=O. The Morgan fingerprint density at radius 1 is 1.62 bits per heavy atom. The van der Waals surface area contributed by atoms with Crippen LogP contribution in [0.15, 0.2) is 0 Å². The zero-order chi connectivity index (χ0) is 12.8. The first-order chi connectivity index (χ1) is 6.96. The van der Waals surface area contributed by atoms with Gasteiger partial charge in [-0.05, 0) is 6.92 Å². The maximum atomic E-state index is 11.7. The van der Waals surface area contributed by atoms with Crippen molar-refractivity contribution in [2.45, 2.75) is 18.9 Å². The van der Waals surface area contributed by atoms with Crippen LogP contribution in [0.5, 0.6) is 0 Å². The first-order valence-corrected chi connectivity index (χ1v) is 5.04. The summed E-state index contributed by atoms with van der Waals surface area (Å²) in [5.41, 5.74) is -1.14. The molecule has 0 aromatic rings. The molecular weight excluding hydrogens is 208 g/mol. The normalized spacial score (nSPS) is 35.5. The number of amides is 2. The summed E-state index contributed by atoms with van der Waals surface area (Å²) in [6.07, 6.45) is -0.0330. The van der Waals surface area contributed by atoms with Crippen molar-refractivity contribution in [1.29, 1.82) is 0 Å². The number of nitrogens with zero attached hydrogens (tertiary/aromatic N) is 2. The van der Waals surface area contributed by atoms with E-state index >= 15 is 0 Å². The van der Waals surface area contributed by atoms with Crippen molar-refractivity contribution >= 4 is 11.8 Å². The van der Waals surface area contributed by atoms with E-state index in [4.69, 9.17) is 14.1 Å². The molecule has 0 aliphatic carbocycles. The molecule has 1 N–H and O–H groups in total. The van der Waals surface area contributed by atoms with Crippen LogP contribution >= 0.6 is 0 Å². The van der Waals surface area contributed by atoms with Crippen molar-refractivity contribution < 1.29 is 23.7 Å². The molecule has 2 atom stereocenters. The summed E-state index contributed by atoms with van der Waals surface area (Å²) in [6, 6.07) is 0. The molecule has 88 valence electrons. The van der Waals surface area contributed by atoms with E-state index in [0.717, 1.165) is 0 Å². The Morgan fingerprint density at radius 2 is 2.12 bits per heavy atom. The lowest BCUT2D eigenvalue weighted by Gasteiger charge is -2.28. The maximum Gasteiger partial charge on any atom is 0.369 e. The molecule has 1 fully saturated rings. The third kappa shape index (κ3) is 2.66. The first kappa shape index (κ1) is 13.3. The zero-order valence-electron chi connectivity index (χ0n) is 9.93. The van der Waals surface area contributed by atoms with Crippen molar-refractivity contribution in [3.8, 4) is 0 Å². The van der Waals surface area contributed by atoms with Crippen LogP contribution in [0, 0.1) is 14.1 Å². The monoisotopic (exact) mass is 226 g/mol. The van der Waals surface area contributed by atoms with Crippen LogP contribution in [0.25, 0.3) is 0 Å². The fourth-order valence-electron chi connectivity index (χ4n) is 1.80. The molecular formula is C11H18N2O3+2. The minimum atomic E-state index is -1.14. The molecule has 1 rings (SSSR count). The smallest absolute Gasteiger partial charge is 0.369 e. The number of aliphatic hydroxyl groups is 1. The van der Waals surface area contributed by atoms with Crippen LogP contribution < -0.4 is 0 Å². The predicted molar refractivity (Wildman–Crippen MR) is 56.0 cm³/mol. The Balaban J connectivity index is 2.82. The second-order valence-electron chi connectivity index (χ2n) is 5.35. The number of hydrogen-bond donors (Lipinski definition) is 1. The van der Waals surface area contributed by atoms with Crippen LogP contribution in [0.4, 0.5) is 0 Å². The Labute approximate surface area is 96.4 Å². The van der Waals surface area contributed by atoms with Gasteiger partial charge in [0.2, 0.25) is 20.6 Å². The molecule has 1 saturated heterocycles. The second-order valence-corrected chi connectivity index (χ2v) is 5.35. The highest BCUT2D eigenvalue weighted by molar-refractivity contribution is 5.77. The van der Waals surface area contributed by atoms with Crippen molar-refractivity contribution in [3.63, 3.8) is 0 Å². The summed E-state index contributed by atoms with van der Waals surface area (Å²) in [6.45, 7) is 1.38. The summed E-state index contributed by atoms with van der Waals surface area (Å²) in [7, 11) is 14.4. The molecule has 5 nitrogen and oxygen atoms in total. The average Bonchev–Trinajstić information content (AvgIpc) is 2.17. The number of likely N-dealkylation sites (tertiary alicyclic amines) is 1. The maximum absolute atomic E-state index is 11.7. The number of carbonyl (C=O) groups is 2. The van der Waals surface area contributed by atoms with E-state index in [0.29, 0.717) is 0 Å². The van der Waals surface area contributed by atoms with E-state index in [1.54, 1.807) is 0 Å². The van der Waals surface area contributed by atoms with Crippen LogP contribution in [0.3, 0.4) is 0 Å². The van der Waals surface area contributed by atoms with E-state index < -0.39 is 10.1 Å². The molecule has 0 aromatic carbocycles. The number of carbonyl (C=O) groups excluding carboxylic acids is 2. The van der Waals surface area contributed by atoms with Crippen molar-refractivity contribution in [1.82, 2.24) is 0 Å². The zero-order valence-corrected chi connectivity index (χ0v) is 9.93. The summed E-state index contributed by atoms with van der Waals surface area (Å²) >= 11 is 0. The fourth-order valence-corrected chi connectivity index (χ4v) is 1.80. The third-order valence-corrected chi connectivity index (χ3v) is 2.71. The average molecular weight is 226 g/mol. The molecule has 2 amide bonds. The Bertz CT molecular complexity index is 331. The topological polar surface area (TPSA) is 54.4 Å². The highest BCUT2D eigenvalue weighted by Crippen LogP contribution is 2.28. The van der Waals surface area contributed by atoms with Gasteiger partial charge in [0.25, 0.3) is 0 Å². The minimum Gasteiger partial charge on any atom is -0.384 e.